The minimum atomic E-state index is -3.79. The van der Waals surface area contributed by atoms with Gasteiger partial charge in [-0.15, -0.1) is 0 Å². The number of imidazole rings is 1. The Morgan fingerprint density at radius 3 is 2.51 bits per heavy atom. The lowest BCUT2D eigenvalue weighted by Crippen LogP contribution is -2.29. The van der Waals surface area contributed by atoms with Crippen LogP contribution in [-0.2, 0) is 16.6 Å². The van der Waals surface area contributed by atoms with Gasteiger partial charge in [0.25, 0.3) is 10.0 Å². The summed E-state index contributed by atoms with van der Waals surface area (Å²) >= 11 is 5.97. The SMILES string of the molecule is CCn1cnc2c(Nc3ccc(S(=O)(=O)Nc4cccc(Cl)c4)cc3)nc(N[C@H]3CC[C@H](O)CC3)nc21. The molecule has 4 N–H and O–H groups in total. The normalized spacial score (nSPS) is 18.0. The van der Waals surface area contributed by atoms with Crippen LogP contribution in [-0.4, -0.2) is 45.2 Å². The minimum Gasteiger partial charge on any atom is -0.393 e. The van der Waals surface area contributed by atoms with E-state index in [-0.39, 0.29) is 17.0 Å². The van der Waals surface area contributed by atoms with Gasteiger partial charge in [0, 0.05) is 23.3 Å². The first-order valence-electron chi connectivity index (χ1n) is 12.1. The number of benzene rings is 2. The fourth-order valence-electron chi connectivity index (χ4n) is 4.35. The Kier molecular flexibility index (Phi) is 7.18. The van der Waals surface area contributed by atoms with E-state index in [1.54, 1.807) is 42.7 Å². The summed E-state index contributed by atoms with van der Waals surface area (Å²) in [7, 11) is -3.79. The fraction of sp³-hybridized carbons (Fsp3) is 0.320. The molecular weight excluding hydrogens is 514 g/mol. The van der Waals surface area contributed by atoms with Crippen molar-refractivity contribution in [2.75, 3.05) is 15.4 Å². The molecular formula is C25H28ClN7O3S. The quantitative estimate of drug-likeness (QED) is 0.251. The zero-order chi connectivity index (χ0) is 26.0. The summed E-state index contributed by atoms with van der Waals surface area (Å²) in [6, 6.07) is 13.1. The molecule has 0 radical (unpaired) electrons. The molecule has 2 aromatic heterocycles. The van der Waals surface area contributed by atoms with Crippen molar-refractivity contribution in [1.29, 1.82) is 0 Å². The highest BCUT2D eigenvalue weighted by molar-refractivity contribution is 7.92. The summed E-state index contributed by atoms with van der Waals surface area (Å²) in [4.78, 5) is 14.0. The molecule has 4 aromatic rings. The van der Waals surface area contributed by atoms with Gasteiger partial charge in [-0.3, -0.25) is 4.72 Å². The number of aliphatic hydroxyl groups is 1. The second kappa shape index (κ2) is 10.5. The van der Waals surface area contributed by atoms with Gasteiger partial charge in [0.2, 0.25) is 5.95 Å². The van der Waals surface area contributed by atoms with Gasteiger partial charge >= 0.3 is 0 Å². The molecule has 0 atom stereocenters. The Morgan fingerprint density at radius 2 is 1.81 bits per heavy atom. The zero-order valence-electron chi connectivity index (χ0n) is 20.2. The highest BCUT2D eigenvalue weighted by Gasteiger charge is 2.21. The van der Waals surface area contributed by atoms with Crippen LogP contribution in [0.5, 0.6) is 0 Å². The van der Waals surface area contributed by atoms with Crippen LogP contribution in [0, 0.1) is 0 Å². The van der Waals surface area contributed by atoms with Crippen molar-refractivity contribution in [2.24, 2.45) is 0 Å². The van der Waals surface area contributed by atoms with Gasteiger partial charge in [-0.2, -0.15) is 9.97 Å². The monoisotopic (exact) mass is 541 g/mol. The average Bonchev–Trinajstić information content (AvgIpc) is 3.29. The maximum Gasteiger partial charge on any atom is 0.261 e. The molecule has 1 saturated carbocycles. The van der Waals surface area contributed by atoms with E-state index < -0.39 is 10.0 Å². The van der Waals surface area contributed by atoms with Gasteiger partial charge in [-0.1, -0.05) is 17.7 Å². The van der Waals surface area contributed by atoms with Gasteiger partial charge < -0.3 is 20.3 Å². The molecule has 1 fully saturated rings. The highest BCUT2D eigenvalue weighted by Crippen LogP contribution is 2.28. The molecule has 0 unspecified atom stereocenters. The van der Waals surface area contributed by atoms with Crippen molar-refractivity contribution in [2.45, 2.75) is 56.2 Å². The van der Waals surface area contributed by atoms with Crippen molar-refractivity contribution in [3.63, 3.8) is 0 Å². The summed E-state index contributed by atoms with van der Waals surface area (Å²) in [5.41, 5.74) is 2.35. The van der Waals surface area contributed by atoms with Gasteiger partial charge in [0.1, 0.15) is 0 Å². The third-order valence-corrected chi connectivity index (χ3v) is 7.97. The molecule has 0 amide bonds. The summed E-state index contributed by atoms with van der Waals surface area (Å²) in [6.45, 7) is 2.72. The second-order valence-corrected chi connectivity index (χ2v) is 11.1. The van der Waals surface area contributed by atoms with Crippen molar-refractivity contribution in [3.05, 3.63) is 59.9 Å². The van der Waals surface area contributed by atoms with E-state index in [0.717, 1.165) is 25.7 Å². The Morgan fingerprint density at radius 1 is 1.05 bits per heavy atom. The van der Waals surface area contributed by atoms with E-state index in [1.807, 2.05) is 11.5 Å². The molecule has 1 aliphatic carbocycles. The molecule has 1 aliphatic rings. The number of aromatic nitrogens is 4. The Bertz CT molecular complexity index is 1500. The van der Waals surface area contributed by atoms with Crippen LogP contribution in [0.15, 0.2) is 59.8 Å². The lowest BCUT2D eigenvalue weighted by Gasteiger charge is -2.26. The minimum absolute atomic E-state index is 0.114. The third kappa shape index (κ3) is 5.79. The van der Waals surface area contributed by atoms with Crippen LogP contribution >= 0.6 is 11.6 Å². The molecule has 10 nitrogen and oxygen atoms in total. The van der Waals surface area contributed by atoms with Gasteiger partial charge in [-0.05, 0) is 75.1 Å². The molecule has 2 aromatic carbocycles. The number of aliphatic hydroxyl groups excluding tert-OH is 1. The molecule has 0 saturated heterocycles. The molecule has 37 heavy (non-hydrogen) atoms. The van der Waals surface area contributed by atoms with E-state index >= 15 is 0 Å². The van der Waals surface area contributed by atoms with Crippen LogP contribution in [0.1, 0.15) is 32.6 Å². The topological polar surface area (TPSA) is 134 Å². The smallest absolute Gasteiger partial charge is 0.261 e. The average molecular weight is 542 g/mol. The predicted molar refractivity (Wildman–Crippen MR) is 145 cm³/mol. The molecule has 12 heteroatoms. The van der Waals surface area contributed by atoms with Gasteiger partial charge in [0.15, 0.2) is 17.0 Å². The van der Waals surface area contributed by atoms with E-state index in [0.29, 0.717) is 45.9 Å². The second-order valence-electron chi connectivity index (χ2n) is 9.01. The Hall–Kier alpha value is -3.41. The standard InChI is InChI=1S/C25H28ClN7O3S/c1-2-33-15-27-22-23(30-25(31-24(22)33)29-18-6-10-20(34)11-7-18)28-17-8-12-21(13-9-17)37(35,36)32-19-5-3-4-16(26)14-19/h3-5,8-9,12-15,18,20,32,34H,2,6-7,10-11H2,1H3,(H2,28,29,30,31)/t18-,20-. The number of sulfonamides is 1. The Balaban J connectivity index is 1.38. The maximum absolute atomic E-state index is 12.8. The lowest BCUT2D eigenvalue weighted by atomic mass is 9.93. The molecule has 0 spiro atoms. The summed E-state index contributed by atoms with van der Waals surface area (Å²) in [5, 5.41) is 16.9. The number of hydrogen-bond donors (Lipinski definition) is 4. The van der Waals surface area contributed by atoms with E-state index in [4.69, 9.17) is 16.6 Å². The molecule has 5 rings (SSSR count). The van der Waals surface area contributed by atoms with Crippen LogP contribution in [0.2, 0.25) is 5.02 Å². The zero-order valence-corrected chi connectivity index (χ0v) is 21.8. The molecule has 2 heterocycles. The number of rotatable bonds is 8. The number of nitrogens with zero attached hydrogens (tertiary/aromatic N) is 4. The number of halogens is 1. The predicted octanol–water partition coefficient (Wildman–Crippen LogP) is 4.76. The van der Waals surface area contributed by atoms with Crippen molar-refractivity contribution in [1.82, 2.24) is 19.5 Å². The number of fused-ring (bicyclic) bond motifs is 1. The van der Waals surface area contributed by atoms with E-state index in [9.17, 15) is 13.5 Å². The highest BCUT2D eigenvalue weighted by atomic mass is 35.5. The van der Waals surface area contributed by atoms with Crippen LogP contribution in [0.3, 0.4) is 0 Å². The van der Waals surface area contributed by atoms with E-state index in [1.165, 1.54) is 12.1 Å². The van der Waals surface area contributed by atoms with Crippen LogP contribution < -0.4 is 15.4 Å². The number of aryl methyl sites for hydroxylation is 1. The van der Waals surface area contributed by atoms with Gasteiger partial charge in [-0.25, -0.2) is 13.4 Å². The first-order chi connectivity index (χ1) is 17.8. The van der Waals surface area contributed by atoms with Crippen molar-refractivity contribution >= 4 is 55.9 Å². The summed E-state index contributed by atoms with van der Waals surface area (Å²) in [5.74, 6) is 1.000. The van der Waals surface area contributed by atoms with Crippen LogP contribution in [0.25, 0.3) is 11.2 Å². The Labute approximate surface area is 220 Å². The molecule has 0 aliphatic heterocycles. The largest absolute Gasteiger partial charge is 0.393 e. The number of anilines is 4. The number of nitrogens with one attached hydrogen (secondary N) is 3. The summed E-state index contributed by atoms with van der Waals surface area (Å²) < 4.78 is 30.1. The first-order valence-corrected chi connectivity index (χ1v) is 14.0. The molecule has 0 bridgehead atoms. The van der Waals surface area contributed by atoms with E-state index in [2.05, 4.69) is 25.3 Å². The fourth-order valence-corrected chi connectivity index (χ4v) is 5.59. The number of hydrogen-bond acceptors (Lipinski definition) is 8. The van der Waals surface area contributed by atoms with Crippen LogP contribution in [0.4, 0.5) is 23.1 Å². The van der Waals surface area contributed by atoms with Gasteiger partial charge in [0.05, 0.1) is 23.0 Å². The molecule has 194 valence electrons. The van der Waals surface area contributed by atoms with Crippen molar-refractivity contribution < 1.29 is 13.5 Å². The summed E-state index contributed by atoms with van der Waals surface area (Å²) in [6.07, 6.45) is 4.67. The third-order valence-electron chi connectivity index (χ3n) is 6.34. The maximum atomic E-state index is 12.8. The lowest BCUT2D eigenvalue weighted by molar-refractivity contribution is 0.126. The first kappa shape index (κ1) is 25.2. The van der Waals surface area contributed by atoms with Crippen molar-refractivity contribution in [3.8, 4) is 0 Å².